The molecule has 10 heteroatoms. The van der Waals surface area contributed by atoms with Crippen molar-refractivity contribution in [2.45, 2.75) is 39.7 Å². The van der Waals surface area contributed by atoms with Crippen LogP contribution in [0.15, 0.2) is 42.7 Å². The van der Waals surface area contributed by atoms with E-state index in [0.29, 0.717) is 43.3 Å². The number of benzene rings is 1. The second kappa shape index (κ2) is 13.1. The first kappa shape index (κ1) is 27.2. The summed E-state index contributed by atoms with van der Waals surface area (Å²) in [5.74, 6) is 6.99. The first-order valence-electron chi connectivity index (χ1n) is 12.3. The second-order valence-corrected chi connectivity index (χ2v) is 8.47. The van der Waals surface area contributed by atoms with Gasteiger partial charge in [0.1, 0.15) is 11.9 Å². The van der Waals surface area contributed by atoms with Crippen molar-refractivity contribution in [1.82, 2.24) is 30.0 Å². The van der Waals surface area contributed by atoms with Crippen LogP contribution in [0.4, 0.5) is 17.5 Å². The maximum atomic E-state index is 12.3. The molecule has 0 saturated carbocycles. The molecule has 1 unspecified atom stereocenters. The molecule has 2 heterocycles. The number of carbonyl (C=O) groups excluding carboxylic acids is 2. The fourth-order valence-corrected chi connectivity index (χ4v) is 3.53. The maximum absolute atomic E-state index is 12.3. The predicted octanol–water partition coefficient (Wildman–Crippen LogP) is 3.21. The normalized spacial score (nSPS) is 11.6. The van der Waals surface area contributed by atoms with Gasteiger partial charge in [0.05, 0.1) is 23.5 Å². The molecule has 0 fully saturated rings. The van der Waals surface area contributed by atoms with Crippen molar-refractivity contribution in [3.63, 3.8) is 0 Å². The van der Waals surface area contributed by atoms with Crippen molar-refractivity contribution in [3.8, 4) is 11.8 Å². The average molecular weight is 503 g/mol. The molecule has 3 N–H and O–H groups in total. The summed E-state index contributed by atoms with van der Waals surface area (Å²) in [6, 6.07) is 5.42. The van der Waals surface area contributed by atoms with Gasteiger partial charge < -0.3 is 20.9 Å². The molecule has 0 aliphatic heterocycles. The molecule has 3 aromatic rings. The van der Waals surface area contributed by atoms with E-state index in [1.54, 1.807) is 33.2 Å². The van der Waals surface area contributed by atoms with Crippen LogP contribution in [0.3, 0.4) is 0 Å². The zero-order valence-electron chi connectivity index (χ0n) is 22.0. The van der Waals surface area contributed by atoms with Gasteiger partial charge in [0.15, 0.2) is 0 Å². The summed E-state index contributed by atoms with van der Waals surface area (Å²) in [5.41, 5.74) is 2.62. The van der Waals surface area contributed by atoms with Crippen molar-refractivity contribution < 1.29 is 9.59 Å². The van der Waals surface area contributed by atoms with Gasteiger partial charge in [-0.1, -0.05) is 17.9 Å². The van der Waals surface area contributed by atoms with Gasteiger partial charge in [0.2, 0.25) is 17.8 Å². The van der Waals surface area contributed by atoms with Gasteiger partial charge in [-0.2, -0.15) is 10.1 Å². The zero-order valence-corrected chi connectivity index (χ0v) is 22.0. The number of aromatic nitrogens is 4. The van der Waals surface area contributed by atoms with E-state index in [1.165, 1.54) is 11.0 Å². The van der Waals surface area contributed by atoms with E-state index in [1.807, 2.05) is 43.0 Å². The lowest BCUT2D eigenvalue weighted by Crippen LogP contribution is -2.45. The monoisotopic (exact) mass is 502 g/mol. The first-order valence-corrected chi connectivity index (χ1v) is 12.3. The van der Waals surface area contributed by atoms with Gasteiger partial charge in [0, 0.05) is 44.7 Å². The number of hydrogen-bond donors (Lipinski definition) is 3. The standard InChI is InChI=1S/C27H34N8O2/c1-6-11-24(36)34(4)19(3)26(37)29-15-10-8-9-12-20-17-30-27(33-25(20)28-7-2)32-22-13-14-23-21(16-22)18-31-35(23)5/h6,11,13-14,16-19H,7-8,10,15H2,1-5H3,(H,29,37)(H2,28,30,32,33)/b11-6+. The lowest BCUT2D eigenvalue weighted by Gasteiger charge is -2.22. The fraction of sp³-hybridized carbons (Fsp3) is 0.370. The molecule has 2 aromatic heterocycles. The molecule has 0 bridgehead atoms. The van der Waals surface area contributed by atoms with Crippen LogP contribution in [0.1, 0.15) is 39.2 Å². The number of fused-ring (bicyclic) bond motifs is 1. The largest absolute Gasteiger partial charge is 0.369 e. The SMILES string of the molecule is C/C=C/C(=O)N(C)C(C)C(=O)NCCCC#Cc1cnc(Nc2ccc3c(cnn3C)c2)nc1NCC. The van der Waals surface area contributed by atoms with E-state index in [9.17, 15) is 9.59 Å². The van der Waals surface area contributed by atoms with Gasteiger partial charge in [-0.15, -0.1) is 0 Å². The Kier molecular flexibility index (Phi) is 9.61. The highest BCUT2D eigenvalue weighted by Crippen LogP contribution is 2.21. The topological polar surface area (TPSA) is 117 Å². The molecule has 0 radical (unpaired) electrons. The van der Waals surface area contributed by atoms with Crippen LogP contribution >= 0.6 is 0 Å². The van der Waals surface area contributed by atoms with Crippen LogP contribution in [-0.2, 0) is 16.6 Å². The summed E-state index contributed by atoms with van der Waals surface area (Å²) in [4.78, 5) is 34.6. The number of likely N-dealkylation sites (N-methyl/N-ethyl adjacent to an activating group) is 1. The lowest BCUT2D eigenvalue weighted by atomic mass is 10.2. The predicted molar refractivity (Wildman–Crippen MR) is 146 cm³/mol. The molecular weight excluding hydrogens is 468 g/mol. The molecule has 37 heavy (non-hydrogen) atoms. The summed E-state index contributed by atoms with van der Waals surface area (Å²) < 4.78 is 1.83. The molecule has 0 aliphatic carbocycles. The highest BCUT2D eigenvalue weighted by molar-refractivity contribution is 5.92. The van der Waals surface area contributed by atoms with Crippen molar-refractivity contribution in [1.29, 1.82) is 0 Å². The Bertz CT molecular complexity index is 1340. The molecule has 10 nitrogen and oxygen atoms in total. The van der Waals surface area contributed by atoms with Gasteiger partial charge in [-0.05, 0) is 51.5 Å². The Labute approximate surface area is 217 Å². The van der Waals surface area contributed by atoms with Crippen molar-refractivity contribution in [2.75, 3.05) is 30.8 Å². The molecule has 194 valence electrons. The van der Waals surface area contributed by atoms with E-state index in [2.05, 4.69) is 42.9 Å². The number of allylic oxidation sites excluding steroid dienone is 1. The van der Waals surface area contributed by atoms with Gasteiger partial charge >= 0.3 is 0 Å². The van der Waals surface area contributed by atoms with E-state index >= 15 is 0 Å². The Morgan fingerprint density at radius 2 is 2.08 bits per heavy atom. The Hall–Kier alpha value is -4.39. The summed E-state index contributed by atoms with van der Waals surface area (Å²) in [7, 11) is 3.52. The minimum Gasteiger partial charge on any atom is -0.369 e. The van der Waals surface area contributed by atoms with Gasteiger partial charge in [-0.3, -0.25) is 14.3 Å². The second-order valence-electron chi connectivity index (χ2n) is 8.47. The van der Waals surface area contributed by atoms with Crippen LogP contribution in [-0.4, -0.2) is 62.6 Å². The third-order valence-corrected chi connectivity index (χ3v) is 5.75. The van der Waals surface area contributed by atoms with Crippen molar-refractivity contribution in [3.05, 3.63) is 48.3 Å². The van der Waals surface area contributed by atoms with Crippen LogP contribution < -0.4 is 16.0 Å². The number of amides is 2. The number of unbranched alkanes of at least 4 members (excludes halogenated alkanes) is 1. The quantitative estimate of drug-likeness (QED) is 0.221. The number of nitrogens with one attached hydrogen (secondary N) is 3. The summed E-state index contributed by atoms with van der Waals surface area (Å²) in [6.07, 6.45) is 7.89. The lowest BCUT2D eigenvalue weighted by molar-refractivity contribution is -0.135. The summed E-state index contributed by atoms with van der Waals surface area (Å²) in [6.45, 7) is 6.64. The molecule has 0 saturated heterocycles. The van der Waals surface area contributed by atoms with Crippen LogP contribution in [0, 0.1) is 11.8 Å². The summed E-state index contributed by atoms with van der Waals surface area (Å²) in [5, 5.41) is 14.6. The highest BCUT2D eigenvalue weighted by Gasteiger charge is 2.20. The van der Waals surface area contributed by atoms with Crippen LogP contribution in [0.2, 0.25) is 0 Å². The molecule has 2 amide bonds. The van der Waals surface area contributed by atoms with Crippen molar-refractivity contribution in [2.24, 2.45) is 7.05 Å². The number of carbonyl (C=O) groups is 2. The third kappa shape index (κ3) is 7.30. The van der Waals surface area contributed by atoms with Crippen LogP contribution in [0.25, 0.3) is 10.9 Å². The molecule has 0 spiro atoms. The van der Waals surface area contributed by atoms with E-state index < -0.39 is 6.04 Å². The van der Waals surface area contributed by atoms with Crippen molar-refractivity contribution >= 4 is 40.2 Å². The van der Waals surface area contributed by atoms with E-state index in [0.717, 1.165) is 16.6 Å². The minimum atomic E-state index is -0.548. The average Bonchev–Trinajstić information content (AvgIpc) is 3.26. The smallest absolute Gasteiger partial charge is 0.246 e. The van der Waals surface area contributed by atoms with Gasteiger partial charge in [-0.25, -0.2) is 4.98 Å². The first-order chi connectivity index (χ1) is 17.8. The number of aryl methyl sites for hydroxylation is 1. The fourth-order valence-electron chi connectivity index (χ4n) is 3.53. The van der Waals surface area contributed by atoms with Gasteiger partial charge in [0.25, 0.3) is 0 Å². The Morgan fingerprint density at radius 1 is 1.27 bits per heavy atom. The molecule has 1 atom stereocenters. The molecular formula is C27H34N8O2. The van der Waals surface area contributed by atoms with E-state index in [4.69, 9.17) is 0 Å². The number of rotatable bonds is 10. The molecule has 3 rings (SSSR count). The maximum Gasteiger partial charge on any atom is 0.246 e. The Balaban J connectivity index is 1.54. The van der Waals surface area contributed by atoms with Crippen LogP contribution in [0.5, 0.6) is 0 Å². The third-order valence-electron chi connectivity index (χ3n) is 5.75. The number of anilines is 3. The number of nitrogens with zero attached hydrogens (tertiary/aromatic N) is 5. The number of hydrogen-bond acceptors (Lipinski definition) is 7. The molecule has 0 aliphatic rings. The molecule has 1 aromatic carbocycles. The highest BCUT2D eigenvalue weighted by atomic mass is 16.2. The zero-order chi connectivity index (χ0) is 26.8. The van der Waals surface area contributed by atoms with E-state index in [-0.39, 0.29) is 11.8 Å². The minimum absolute atomic E-state index is 0.193. The summed E-state index contributed by atoms with van der Waals surface area (Å²) >= 11 is 0. The Morgan fingerprint density at radius 3 is 2.84 bits per heavy atom.